The Morgan fingerprint density at radius 1 is 1.16 bits per heavy atom. The molecule has 2 fully saturated rings. The van der Waals surface area contributed by atoms with E-state index < -0.39 is 11.6 Å². The average molecular weight is 271 g/mol. The molecular formula is C14H25NO4. The summed E-state index contributed by atoms with van der Waals surface area (Å²) in [7, 11) is 0. The van der Waals surface area contributed by atoms with Gasteiger partial charge in [-0.05, 0) is 25.7 Å². The molecule has 1 aliphatic carbocycles. The van der Waals surface area contributed by atoms with Crippen LogP contribution in [0.4, 0.5) is 0 Å². The first kappa shape index (κ1) is 14.8. The molecule has 0 spiro atoms. The summed E-state index contributed by atoms with van der Waals surface area (Å²) in [6.07, 6.45) is 5.11. The lowest BCUT2D eigenvalue weighted by Gasteiger charge is -2.28. The van der Waals surface area contributed by atoms with Crippen molar-refractivity contribution in [3.63, 3.8) is 0 Å². The number of carbonyl (C=O) groups excluding carboxylic acids is 1. The van der Waals surface area contributed by atoms with Gasteiger partial charge in [0.25, 0.3) is 0 Å². The van der Waals surface area contributed by atoms with Gasteiger partial charge in [0, 0.05) is 19.6 Å². The Hall–Kier alpha value is -0.650. The van der Waals surface area contributed by atoms with Crippen LogP contribution in [0, 0.1) is 0 Å². The first-order valence-electron chi connectivity index (χ1n) is 7.40. The maximum Gasteiger partial charge on any atom is 0.338 e. The van der Waals surface area contributed by atoms with Gasteiger partial charge >= 0.3 is 5.97 Å². The molecule has 0 aromatic rings. The maximum absolute atomic E-state index is 12.0. The van der Waals surface area contributed by atoms with Gasteiger partial charge in [0.05, 0.1) is 13.2 Å². The summed E-state index contributed by atoms with van der Waals surface area (Å²) in [5.41, 5.74) is -1.23. The van der Waals surface area contributed by atoms with Gasteiger partial charge in [0.2, 0.25) is 0 Å². The summed E-state index contributed by atoms with van der Waals surface area (Å²) in [5, 5.41) is 10.3. The second-order valence-electron chi connectivity index (χ2n) is 5.54. The highest BCUT2D eigenvalue weighted by Crippen LogP contribution is 2.28. The van der Waals surface area contributed by atoms with Crippen LogP contribution in [0.3, 0.4) is 0 Å². The lowest BCUT2D eigenvalue weighted by atomic mass is 9.95. The van der Waals surface area contributed by atoms with Gasteiger partial charge in [-0.2, -0.15) is 0 Å². The molecule has 2 aliphatic rings. The summed E-state index contributed by atoms with van der Waals surface area (Å²) in [4.78, 5) is 14.2. The third kappa shape index (κ3) is 4.44. The third-order valence-electron chi connectivity index (χ3n) is 4.06. The smallest absolute Gasteiger partial charge is 0.338 e. The zero-order valence-electron chi connectivity index (χ0n) is 11.6. The van der Waals surface area contributed by atoms with E-state index in [1.165, 1.54) is 0 Å². The van der Waals surface area contributed by atoms with Crippen LogP contribution in [0.2, 0.25) is 0 Å². The molecule has 5 nitrogen and oxygen atoms in total. The van der Waals surface area contributed by atoms with Gasteiger partial charge in [-0.15, -0.1) is 0 Å². The van der Waals surface area contributed by atoms with E-state index in [0.29, 0.717) is 19.4 Å². The minimum absolute atomic E-state index is 0.362. The molecule has 110 valence electrons. The fourth-order valence-electron chi connectivity index (χ4n) is 2.74. The molecule has 0 radical (unpaired) electrons. The number of esters is 1. The van der Waals surface area contributed by atoms with E-state index in [2.05, 4.69) is 4.90 Å². The lowest BCUT2D eigenvalue weighted by molar-refractivity contribution is -0.167. The highest BCUT2D eigenvalue weighted by molar-refractivity contribution is 5.79. The van der Waals surface area contributed by atoms with Crippen molar-refractivity contribution in [1.29, 1.82) is 0 Å². The molecule has 5 heteroatoms. The average Bonchev–Trinajstić information content (AvgIpc) is 2.66. The second-order valence-corrected chi connectivity index (χ2v) is 5.54. The minimum atomic E-state index is -1.23. The normalized spacial score (nSPS) is 24.7. The Morgan fingerprint density at radius 2 is 1.79 bits per heavy atom. The highest BCUT2D eigenvalue weighted by Gasteiger charge is 2.37. The first-order chi connectivity index (χ1) is 9.21. The quantitative estimate of drug-likeness (QED) is 0.609. The number of hydrogen-bond acceptors (Lipinski definition) is 5. The van der Waals surface area contributed by atoms with Crippen molar-refractivity contribution in [3.8, 4) is 0 Å². The first-order valence-corrected chi connectivity index (χ1v) is 7.40. The van der Waals surface area contributed by atoms with Crippen LogP contribution >= 0.6 is 0 Å². The number of rotatable bonds is 4. The fraction of sp³-hybridized carbons (Fsp3) is 0.929. The molecule has 1 aliphatic heterocycles. The number of nitrogens with zero attached hydrogens (tertiary/aromatic N) is 1. The SMILES string of the molecule is O=C(OCCN1CCOCC1)C1(O)CCCCCC1. The molecule has 0 aromatic carbocycles. The van der Waals surface area contributed by atoms with E-state index in [9.17, 15) is 9.90 Å². The summed E-state index contributed by atoms with van der Waals surface area (Å²) >= 11 is 0. The Kier molecular flexibility index (Phi) is 5.60. The third-order valence-corrected chi connectivity index (χ3v) is 4.06. The van der Waals surface area contributed by atoms with Crippen molar-refractivity contribution in [3.05, 3.63) is 0 Å². The molecular weight excluding hydrogens is 246 g/mol. The monoisotopic (exact) mass is 271 g/mol. The van der Waals surface area contributed by atoms with Crippen molar-refractivity contribution < 1.29 is 19.4 Å². The maximum atomic E-state index is 12.0. The van der Waals surface area contributed by atoms with Gasteiger partial charge in [-0.3, -0.25) is 4.90 Å². The molecule has 0 amide bonds. The van der Waals surface area contributed by atoms with E-state index in [4.69, 9.17) is 9.47 Å². The van der Waals surface area contributed by atoms with Crippen molar-refractivity contribution in [1.82, 2.24) is 4.90 Å². The highest BCUT2D eigenvalue weighted by atomic mass is 16.5. The molecule has 1 saturated carbocycles. The lowest BCUT2D eigenvalue weighted by Crippen LogP contribution is -2.42. The van der Waals surface area contributed by atoms with Gasteiger partial charge in [0.15, 0.2) is 5.60 Å². The van der Waals surface area contributed by atoms with Crippen molar-refractivity contribution >= 4 is 5.97 Å². The molecule has 2 rings (SSSR count). The van der Waals surface area contributed by atoms with Gasteiger partial charge in [0.1, 0.15) is 6.61 Å². The number of carbonyl (C=O) groups is 1. The van der Waals surface area contributed by atoms with Crippen molar-refractivity contribution in [2.45, 2.75) is 44.1 Å². The number of aliphatic hydroxyl groups is 1. The van der Waals surface area contributed by atoms with Crippen LogP contribution < -0.4 is 0 Å². The fourth-order valence-corrected chi connectivity index (χ4v) is 2.74. The summed E-state index contributed by atoms with van der Waals surface area (Å²) < 4.78 is 10.5. The number of hydrogen-bond donors (Lipinski definition) is 1. The van der Waals surface area contributed by atoms with Crippen LogP contribution in [0.25, 0.3) is 0 Å². The van der Waals surface area contributed by atoms with E-state index in [1.54, 1.807) is 0 Å². The standard InChI is InChI=1S/C14H25NO4/c16-13(14(17)5-3-1-2-4-6-14)19-12-9-15-7-10-18-11-8-15/h17H,1-12H2. The Balaban J connectivity index is 1.70. The molecule has 0 aromatic heterocycles. The van der Waals surface area contributed by atoms with E-state index >= 15 is 0 Å². The summed E-state index contributed by atoms with van der Waals surface area (Å²) in [6.45, 7) is 4.37. The molecule has 19 heavy (non-hydrogen) atoms. The van der Waals surface area contributed by atoms with E-state index in [1.807, 2.05) is 0 Å². The number of morpholine rings is 1. The van der Waals surface area contributed by atoms with Gasteiger partial charge < -0.3 is 14.6 Å². The zero-order valence-corrected chi connectivity index (χ0v) is 11.6. The van der Waals surface area contributed by atoms with Crippen LogP contribution in [0.15, 0.2) is 0 Å². The van der Waals surface area contributed by atoms with Crippen LogP contribution in [-0.2, 0) is 14.3 Å². The molecule has 1 N–H and O–H groups in total. The van der Waals surface area contributed by atoms with Crippen molar-refractivity contribution in [2.75, 3.05) is 39.5 Å². The topological polar surface area (TPSA) is 59.0 Å². The van der Waals surface area contributed by atoms with Gasteiger partial charge in [-0.1, -0.05) is 12.8 Å². The van der Waals surface area contributed by atoms with Crippen LogP contribution in [0.1, 0.15) is 38.5 Å². The Morgan fingerprint density at radius 3 is 2.42 bits per heavy atom. The van der Waals surface area contributed by atoms with E-state index in [-0.39, 0.29) is 0 Å². The molecule has 0 bridgehead atoms. The molecule has 1 heterocycles. The van der Waals surface area contributed by atoms with Gasteiger partial charge in [-0.25, -0.2) is 4.79 Å². The largest absolute Gasteiger partial charge is 0.462 e. The van der Waals surface area contributed by atoms with Crippen molar-refractivity contribution in [2.24, 2.45) is 0 Å². The second kappa shape index (κ2) is 7.22. The summed E-state index contributed by atoms with van der Waals surface area (Å²) in [5.74, 6) is -0.428. The number of ether oxygens (including phenoxy) is 2. The molecule has 0 atom stereocenters. The Labute approximate surface area is 114 Å². The Bertz CT molecular complexity index is 281. The molecule has 0 unspecified atom stereocenters. The summed E-state index contributed by atoms with van der Waals surface area (Å²) in [6, 6.07) is 0. The molecule has 1 saturated heterocycles. The van der Waals surface area contributed by atoms with E-state index in [0.717, 1.165) is 58.5 Å². The zero-order chi connectivity index (χ0) is 13.6. The predicted molar refractivity (Wildman–Crippen MR) is 70.9 cm³/mol. The predicted octanol–water partition coefficient (Wildman–Crippen LogP) is 0.947. The minimum Gasteiger partial charge on any atom is -0.462 e. The van der Waals surface area contributed by atoms with Crippen LogP contribution in [0.5, 0.6) is 0 Å². The van der Waals surface area contributed by atoms with Crippen LogP contribution in [-0.4, -0.2) is 61.0 Å².